The van der Waals surface area contributed by atoms with E-state index in [0.29, 0.717) is 11.8 Å². The number of likely N-dealkylation sites (tertiary alicyclic amines) is 1. The molecule has 0 saturated carbocycles. The molecule has 2 heterocycles. The van der Waals surface area contributed by atoms with Gasteiger partial charge in [-0.1, -0.05) is 55.9 Å². The molecule has 8 heteroatoms. The molecule has 1 aliphatic rings. The lowest BCUT2D eigenvalue weighted by molar-refractivity contribution is 0.476. The van der Waals surface area contributed by atoms with E-state index in [-0.39, 0.29) is 24.0 Å². The molecule has 172 valence electrons. The maximum atomic E-state index is 4.93. The van der Waals surface area contributed by atoms with Crippen LogP contribution in [0.1, 0.15) is 50.9 Å². The second kappa shape index (κ2) is 13.3. The summed E-state index contributed by atoms with van der Waals surface area (Å²) in [7, 11) is 0. The SMILES string of the molecule is CCNC(=NCCCc1nnc(SC)n1CC(C)C)N1CCC(c2ccccc2)C1.I. The zero-order valence-corrected chi connectivity index (χ0v) is 22.4. The number of hydrogen-bond donors (Lipinski definition) is 1. The Labute approximate surface area is 208 Å². The largest absolute Gasteiger partial charge is 0.357 e. The molecule has 0 spiro atoms. The Morgan fingerprint density at radius 3 is 2.71 bits per heavy atom. The molecule has 2 aromatic rings. The van der Waals surface area contributed by atoms with E-state index < -0.39 is 0 Å². The van der Waals surface area contributed by atoms with Crippen molar-refractivity contribution in [1.29, 1.82) is 0 Å². The number of hydrogen-bond acceptors (Lipinski definition) is 4. The third-order valence-corrected chi connectivity index (χ3v) is 6.10. The zero-order valence-electron chi connectivity index (χ0n) is 19.3. The summed E-state index contributed by atoms with van der Waals surface area (Å²) in [4.78, 5) is 7.34. The lowest BCUT2D eigenvalue weighted by atomic mass is 9.99. The van der Waals surface area contributed by atoms with Gasteiger partial charge in [0.25, 0.3) is 0 Å². The Bertz CT molecular complexity index is 808. The third kappa shape index (κ3) is 7.37. The van der Waals surface area contributed by atoms with Crippen LogP contribution in [0.5, 0.6) is 0 Å². The summed E-state index contributed by atoms with van der Waals surface area (Å²) in [6, 6.07) is 10.9. The van der Waals surface area contributed by atoms with Gasteiger partial charge in [0.1, 0.15) is 5.82 Å². The van der Waals surface area contributed by atoms with Gasteiger partial charge in [-0.2, -0.15) is 0 Å². The van der Waals surface area contributed by atoms with Crippen LogP contribution in [0.15, 0.2) is 40.5 Å². The Kier molecular flexibility index (Phi) is 11.1. The third-order valence-electron chi connectivity index (χ3n) is 5.44. The summed E-state index contributed by atoms with van der Waals surface area (Å²) < 4.78 is 2.27. The minimum atomic E-state index is 0. The van der Waals surface area contributed by atoms with Crippen molar-refractivity contribution in [3.05, 3.63) is 41.7 Å². The average molecular weight is 557 g/mol. The first-order valence-electron chi connectivity index (χ1n) is 11.2. The average Bonchev–Trinajstić information content (AvgIpc) is 3.38. The van der Waals surface area contributed by atoms with Crippen LogP contribution in [-0.4, -0.2) is 58.1 Å². The minimum absolute atomic E-state index is 0. The summed E-state index contributed by atoms with van der Waals surface area (Å²) in [6.07, 6.45) is 5.14. The van der Waals surface area contributed by atoms with E-state index in [1.165, 1.54) is 12.0 Å². The van der Waals surface area contributed by atoms with Crippen molar-refractivity contribution in [1.82, 2.24) is 25.0 Å². The molecular weight excluding hydrogens is 519 g/mol. The number of nitrogens with zero attached hydrogens (tertiary/aromatic N) is 5. The van der Waals surface area contributed by atoms with E-state index in [1.807, 2.05) is 0 Å². The first-order chi connectivity index (χ1) is 14.6. The molecule has 31 heavy (non-hydrogen) atoms. The van der Waals surface area contributed by atoms with Gasteiger partial charge in [-0.3, -0.25) is 4.99 Å². The first kappa shape index (κ1) is 26.0. The Morgan fingerprint density at radius 2 is 2.03 bits per heavy atom. The van der Waals surface area contributed by atoms with Crippen molar-refractivity contribution in [3.8, 4) is 0 Å². The van der Waals surface area contributed by atoms with Crippen LogP contribution in [0.2, 0.25) is 0 Å². The van der Waals surface area contributed by atoms with Crippen LogP contribution in [0, 0.1) is 5.92 Å². The molecule has 3 rings (SSSR count). The molecule has 0 bridgehead atoms. The Balaban J connectivity index is 0.00000341. The molecule has 0 radical (unpaired) electrons. The summed E-state index contributed by atoms with van der Waals surface area (Å²) in [5.41, 5.74) is 1.44. The highest BCUT2D eigenvalue weighted by Gasteiger charge is 2.25. The van der Waals surface area contributed by atoms with Gasteiger partial charge in [-0.15, -0.1) is 34.2 Å². The molecule has 1 aliphatic heterocycles. The number of guanidine groups is 1. The predicted octanol–water partition coefficient (Wildman–Crippen LogP) is 4.66. The molecule has 1 unspecified atom stereocenters. The number of aryl methyl sites for hydroxylation is 1. The molecule has 1 aromatic heterocycles. The smallest absolute Gasteiger partial charge is 0.193 e. The van der Waals surface area contributed by atoms with Crippen LogP contribution in [-0.2, 0) is 13.0 Å². The molecule has 1 fully saturated rings. The molecule has 0 amide bonds. The van der Waals surface area contributed by atoms with Gasteiger partial charge in [0.05, 0.1) is 0 Å². The lowest BCUT2D eigenvalue weighted by Crippen LogP contribution is -2.40. The summed E-state index contributed by atoms with van der Waals surface area (Å²) in [6.45, 7) is 11.4. The molecule has 0 aliphatic carbocycles. The highest BCUT2D eigenvalue weighted by molar-refractivity contribution is 14.0. The van der Waals surface area contributed by atoms with E-state index in [0.717, 1.165) is 62.5 Å². The normalized spacial score (nSPS) is 16.6. The van der Waals surface area contributed by atoms with E-state index in [4.69, 9.17) is 4.99 Å². The highest BCUT2D eigenvalue weighted by Crippen LogP contribution is 2.27. The summed E-state index contributed by atoms with van der Waals surface area (Å²) in [5.74, 6) is 3.30. The quantitative estimate of drug-likeness (QED) is 0.160. The number of nitrogens with one attached hydrogen (secondary N) is 1. The molecule has 6 nitrogen and oxygen atoms in total. The van der Waals surface area contributed by atoms with Crippen LogP contribution >= 0.6 is 35.7 Å². The Morgan fingerprint density at radius 1 is 1.26 bits per heavy atom. The van der Waals surface area contributed by atoms with Crippen molar-refractivity contribution >= 4 is 41.7 Å². The standard InChI is InChI=1S/C23H36N6S.HI/c1-5-24-22(28-15-13-20(17-28)19-10-7-6-8-11-19)25-14-9-12-21-26-27-23(30-4)29(21)16-18(2)3;/h6-8,10-11,18,20H,5,9,12-17H2,1-4H3,(H,24,25);1H. The molecule has 1 atom stereocenters. The van der Waals surface area contributed by atoms with Gasteiger partial charge in [0, 0.05) is 45.1 Å². The van der Waals surface area contributed by atoms with Crippen molar-refractivity contribution in [3.63, 3.8) is 0 Å². The van der Waals surface area contributed by atoms with E-state index >= 15 is 0 Å². The minimum Gasteiger partial charge on any atom is -0.357 e. The molecule has 1 N–H and O–H groups in total. The van der Waals surface area contributed by atoms with Crippen LogP contribution < -0.4 is 5.32 Å². The van der Waals surface area contributed by atoms with Gasteiger partial charge in [0.15, 0.2) is 11.1 Å². The topological polar surface area (TPSA) is 58.3 Å². The molecule has 1 aromatic carbocycles. The monoisotopic (exact) mass is 556 g/mol. The van der Waals surface area contributed by atoms with Gasteiger partial charge >= 0.3 is 0 Å². The number of halogens is 1. The van der Waals surface area contributed by atoms with Crippen molar-refractivity contribution < 1.29 is 0 Å². The lowest BCUT2D eigenvalue weighted by Gasteiger charge is -2.21. The number of aliphatic imine (C=N–C) groups is 1. The first-order valence-corrected chi connectivity index (χ1v) is 12.4. The number of thioether (sulfide) groups is 1. The zero-order chi connectivity index (χ0) is 21.3. The fourth-order valence-corrected chi connectivity index (χ4v) is 4.52. The summed E-state index contributed by atoms with van der Waals surface area (Å²) in [5, 5.41) is 13.3. The Hall–Kier alpha value is -1.29. The number of aromatic nitrogens is 3. The van der Waals surface area contributed by atoms with E-state index in [1.54, 1.807) is 11.8 Å². The van der Waals surface area contributed by atoms with Crippen LogP contribution in [0.25, 0.3) is 0 Å². The van der Waals surface area contributed by atoms with Gasteiger partial charge in [0.2, 0.25) is 0 Å². The van der Waals surface area contributed by atoms with E-state index in [2.05, 4.69) is 82.3 Å². The summed E-state index contributed by atoms with van der Waals surface area (Å²) >= 11 is 1.67. The van der Waals surface area contributed by atoms with Crippen molar-refractivity contribution in [2.24, 2.45) is 10.9 Å². The number of rotatable bonds is 9. The predicted molar refractivity (Wildman–Crippen MR) is 142 cm³/mol. The van der Waals surface area contributed by atoms with Crippen LogP contribution in [0.3, 0.4) is 0 Å². The highest BCUT2D eigenvalue weighted by atomic mass is 127. The van der Waals surface area contributed by atoms with Crippen molar-refractivity contribution in [2.75, 3.05) is 32.4 Å². The molecular formula is C23H37IN6S. The van der Waals surface area contributed by atoms with Gasteiger partial charge < -0.3 is 14.8 Å². The molecule has 1 saturated heterocycles. The fourth-order valence-electron chi connectivity index (χ4n) is 4.00. The fraction of sp³-hybridized carbons (Fsp3) is 0.609. The maximum absolute atomic E-state index is 4.93. The van der Waals surface area contributed by atoms with Crippen LogP contribution in [0.4, 0.5) is 0 Å². The van der Waals surface area contributed by atoms with Gasteiger partial charge in [-0.25, -0.2) is 0 Å². The number of benzene rings is 1. The maximum Gasteiger partial charge on any atom is 0.193 e. The van der Waals surface area contributed by atoms with Gasteiger partial charge in [-0.05, 0) is 37.5 Å². The second-order valence-corrected chi connectivity index (χ2v) is 9.06. The second-order valence-electron chi connectivity index (χ2n) is 8.29. The van der Waals surface area contributed by atoms with E-state index in [9.17, 15) is 0 Å². The van der Waals surface area contributed by atoms with Crippen molar-refractivity contribution in [2.45, 2.75) is 57.7 Å².